The van der Waals surface area contributed by atoms with Crippen LogP contribution in [0.3, 0.4) is 0 Å². The first-order valence-electron chi connectivity index (χ1n) is 9.14. The van der Waals surface area contributed by atoms with Gasteiger partial charge in [-0.25, -0.2) is 4.79 Å². The summed E-state index contributed by atoms with van der Waals surface area (Å²) in [5.74, 6) is -0.00905. The lowest BCUT2D eigenvalue weighted by Crippen LogP contribution is -2.50. The van der Waals surface area contributed by atoms with Crippen LogP contribution in [0.1, 0.15) is 49.0 Å². The number of fused-ring (bicyclic) bond motifs is 2. The number of amides is 1. The van der Waals surface area contributed by atoms with E-state index in [0.717, 1.165) is 24.9 Å². The molecule has 4 rings (SSSR count). The summed E-state index contributed by atoms with van der Waals surface area (Å²) >= 11 is 0. The number of carbonyl (C=O) groups is 2. The lowest BCUT2D eigenvalue weighted by Gasteiger charge is -2.44. The minimum atomic E-state index is -0.553. The molecule has 1 aromatic carbocycles. The Hall–Kier alpha value is -2.37. The van der Waals surface area contributed by atoms with Crippen LogP contribution >= 0.6 is 0 Å². The summed E-state index contributed by atoms with van der Waals surface area (Å²) in [5, 5.41) is 7.55. The van der Waals surface area contributed by atoms with Crippen LogP contribution in [0.2, 0.25) is 0 Å². The summed E-state index contributed by atoms with van der Waals surface area (Å²) in [6.07, 6.45) is 7.01. The van der Waals surface area contributed by atoms with Crippen molar-refractivity contribution in [3.8, 4) is 0 Å². The Bertz CT molecular complexity index is 783. The zero-order chi connectivity index (χ0) is 17.2. The smallest absolute Gasteiger partial charge is 0.359 e. The molecule has 0 spiro atoms. The molecule has 2 aromatic rings. The number of piperidine rings is 1. The zero-order valence-corrected chi connectivity index (χ0v) is 14.2. The molecule has 2 fully saturated rings. The summed E-state index contributed by atoms with van der Waals surface area (Å²) in [5.41, 5.74) is 1.01. The number of para-hydroxylation sites is 1. The van der Waals surface area contributed by atoms with Crippen LogP contribution < -0.4 is 0 Å². The first-order chi connectivity index (χ1) is 12.2. The fourth-order valence-corrected chi connectivity index (χ4v) is 4.33. The molecule has 1 N–H and O–H groups in total. The molecule has 2 aliphatic rings. The van der Waals surface area contributed by atoms with Gasteiger partial charge in [-0.05, 0) is 37.7 Å². The molecule has 1 saturated carbocycles. The van der Waals surface area contributed by atoms with E-state index in [1.807, 2.05) is 29.2 Å². The number of rotatable bonds is 3. The second-order valence-corrected chi connectivity index (χ2v) is 7.04. The highest BCUT2D eigenvalue weighted by Gasteiger charge is 2.35. The van der Waals surface area contributed by atoms with Gasteiger partial charge in [-0.3, -0.25) is 9.89 Å². The number of hydrogen-bond acceptors (Lipinski definition) is 4. The average molecular weight is 341 g/mol. The van der Waals surface area contributed by atoms with Gasteiger partial charge in [0.2, 0.25) is 0 Å². The Labute approximate surface area is 146 Å². The number of likely N-dealkylation sites (tertiary alicyclic amines) is 1. The highest BCUT2D eigenvalue weighted by Crippen LogP contribution is 2.35. The van der Waals surface area contributed by atoms with Gasteiger partial charge in [0.05, 0.1) is 5.52 Å². The van der Waals surface area contributed by atoms with Crippen LogP contribution in [0.4, 0.5) is 0 Å². The van der Waals surface area contributed by atoms with E-state index >= 15 is 0 Å². The van der Waals surface area contributed by atoms with Crippen LogP contribution in [0, 0.1) is 5.92 Å². The second kappa shape index (κ2) is 6.86. The molecule has 1 aliphatic carbocycles. The van der Waals surface area contributed by atoms with Crippen molar-refractivity contribution < 1.29 is 14.3 Å². The molecule has 25 heavy (non-hydrogen) atoms. The van der Waals surface area contributed by atoms with Crippen molar-refractivity contribution in [3.63, 3.8) is 0 Å². The van der Waals surface area contributed by atoms with Crippen LogP contribution in [-0.4, -0.2) is 46.2 Å². The van der Waals surface area contributed by atoms with E-state index in [-0.39, 0.29) is 18.2 Å². The topological polar surface area (TPSA) is 75.3 Å². The first-order valence-corrected chi connectivity index (χ1v) is 9.14. The number of nitrogens with one attached hydrogen (secondary N) is 1. The summed E-state index contributed by atoms with van der Waals surface area (Å²) in [7, 11) is 0. The van der Waals surface area contributed by atoms with Crippen molar-refractivity contribution in [1.82, 2.24) is 15.1 Å². The molecule has 2 heterocycles. The molecule has 0 bridgehead atoms. The summed E-state index contributed by atoms with van der Waals surface area (Å²) in [6, 6.07) is 7.71. The molecular weight excluding hydrogens is 318 g/mol. The molecule has 0 unspecified atom stereocenters. The SMILES string of the molecule is O=C(OCC(=O)N1CCC[C@@H]2CCCC[C@H]21)c1n[nH]c2ccccc12. The predicted molar refractivity (Wildman–Crippen MR) is 93.1 cm³/mol. The van der Waals surface area contributed by atoms with Gasteiger partial charge in [0.25, 0.3) is 5.91 Å². The molecule has 6 heteroatoms. The van der Waals surface area contributed by atoms with Crippen molar-refractivity contribution in [1.29, 1.82) is 0 Å². The van der Waals surface area contributed by atoms with E-state index in [2.05, 4.69) is 10.2 Å². The van der Waals surface area contributed by atoms with Gasteiger partial charge in [-0.15, -0.1) is 0 Å². The van der Waals surface area contributed by atoms with Crippen LogP contribution in [0.25, 0.3) is 10.9 Å². The largest absolute Gasteiger partial charge is 0.451 e. The molecular formula is C19H23N3O3. The van der Waals surface area contributed by atoms with E-state index in [1.54, 1.807) is 0 Å². The number of ether oxygens (including phenoxy) is 1. The lowest BCUT2D eigenvalue weighted by atomic mass is 9.78. The summed E-state index contributed by atoms with van der Waals surface area (Å²) in [4.78, 5) is 26.9. The van der Waals surface area contributed by atoms with Gasteiger partial charge in [0.15, 0.2) is 12.3 Å². The van der Waals surface area contributed by atoms with Gasteiger partial charge in [-0.1, -0.05) is 31.0 Å². The lowest BCUT2D eigenvalue weighted by molar-refractivity contribution is -0.140. The number of aromatic amines is 1. The summed E-state index contributed by atoms with van der Waals surface area (Å²) < 4.78 is 5.28. The van der Waals surface area contributed by atoms with Crippen molar-refractivity contribution in [2.24, 2.45) is 5.92 Å². The highest BCUT2D eigenvalue weighted by molar-refractivity contribution is 6.02. The molecule has 2 atom stereocenters. The molecule has 1 aliphatic heterocycles. The van der Waals surface area contributed by atoms with Gasteiger partial charge in [-0.2, -0.15) is 5.10 Å². The van der Waals surface area contributed by atoms with E-state index in [1.165, 1.54) is 25.7 Å². The number of esters is 1. The number of carbonyl (C=O) groups excluding carboxylic acids is 2. The molecule has 132 valence electrons. The third-order valence-corrected chi connectivity index (χ3v) is 5.55. The minimum Gasteiger partial charge on any atom is -0.451 e. The molecule has 1 aromatic heterocycles. The maximum atomic E-state index is 12.6. The number of H-pyrrole nitrogens is 1. The third kappa shape index (κ3) is 3.13. The van der Waals surface area contributed by atoms with E-state index in [4.69, 9.17) is 4.74 Å². The number of hydrogen-bond donors (Lipinski definition) is 1. The molecule has 6 nitrogen and oxygen atoms in total. The Morgan fingerprint density at radius 2 is 1.96 bits per heavy atom. The number of benzene rings is 1. The normalized spacial score (nSPS) is 23.3. The Morgan fingerprint density at radius 3 is 2.88 bits per heavy atom. The zero-order valence-electron chi connectivity index (χ0n) is 14.2. The maximum Gasteiger partial charge on any atom is 0.359 e. The standard InChI is InChI=1S/C19H23N3O3/c23-17(22-11-5-7-13-6-1-4-10-16(13)22)12-25-19(24)18-14-8-2-3-9-15(14)20-21-18/h2-3,8-9,13,16H,1,4-7,10-12H2,(H,20,21)/t13-,16+/m0/s1. The fraction of sp³-hybridized carbons (Fsp3) is 0.526. The van der Waals surface area contributed by atoms with Gasteiger partial charge in [0.1, 0.15) is 0 Å². The van der Waals surface area contributed by atoms with Crippen LogP contribution in [-0.2, 0) is 9.53 Å². The average Bonchev–Trinajstić information content (AvgIpc) is 3.09. The number of aromatic nitrogens is 2. The second-order valence-electron chi connectivity index (χ2n) is 7.04. The van der Waals surface area contributed by atoms with E-state index < -0.39 is 5.97 Å². The minimum absolute atomic E-state index is 0.0789. The van der Waals surface area contributed by atoms with Gasteiger partial charge < -0.3 is 9.64 Å². The van der Waals surface area contributed by atoms with Gasteiger partial charge in [0, 0.05) is 18.0 Å². The molecule has 1 amide bonds. The van der Waals surface area contributed by atoms with Gasteiger partial charge >= 0.3 is 5.97 Å². The highest BCUT2D eigenvalue weighted by atomic mass is 16.5. The Morgan fingerprint density at radius 1 is 1.16 bits per heavy atom. The van der Waals surface area contributed by atoms with Crippen molar-refractivity contribution in [2.45, 2.75) is 44.6 Å². The van der Waals surface area contributed by atoms with Crippen molar-refractivity contribution >= 4 is 22.8 Å². The predicted octanol–water partition coefficient (Wildman–Crippen LogP) is 2.90. The molecule has 1 saturated heterocycles. The first kappa shape index (κ1) is 16.1. The fourth-order valence-electron chi connectivity index (χ4n) is 4.33. The Kier molecular flexibility index (Phi) is 4.42. The number of nitrogens with zero attached hydrogens (tertiary/aromatic N) is 2. The third-order valence-electron chi connectivity index (χ3n) is 5.55. The van der Waals surface area contributed by atoms with Crippen LogP contribution in [0.15, 0.2) is 24.3 Å². The summed E-state index contributed by atoms with van der Waals surface area (Å²) in [6.45, 7) is 0.576. The molecule has 0 radical (unpaired) electrons. The Balaban J connectivity index is 1.40. The van der Waals surface area contributed by atoms with Crippen molar-refractivity contribution in [3.05, 3.63) is 30.0 Å². The van der Waals surface area contributed by atoms with E-state index in [9.17, 15) is 9.59 Å². The van der Waals surface area contributed by atoms with E-state index in [0.29, 0.717) is 17.3 Å². The van der Waals surface area contributed by atoms with Crippen LogP contribution in [0.5, 0.6) is 0 Å². The monoisotopic (exact) mass is 341 g/mol. The maximum absolute atomic E-state index is 12.6. The quantitative estimate of drug-likeness (QED) is 0.871. The van der Waals surface area contributed by atoms with Crippen molar-refractivity contribution in [2.75, 3.05) is 13.2 Å².